The third kappa shape index (κ3) is 3.24. The molecule has 2 N–H and O–H groups in total. The third-order valence-electron chi connectivity index (χ3n) is 3.77. The average molecular weight is 248 g/mol. The molecule has 0 spiro atoms. The van der Waals surface area contributed by atoms with Crippen LogP contribution >= 0.6 is 0 Å². The lowest BCUT2D eigenvalue weighted by atomic mass is 10.0. The fraction of sp³-hybridized carbons (Fsp3) is 0.600. The van der Waals surface area contributed by atoms with Gasteiger partial charge in [0.25, 0.3) is 0 Å². The van der Waals surface area contributed by atoms with Crippen LogP contribution in [0.2, 0.25) is 0 Å². The molecule has 0 radical (unpaired) electrons. The van der Waals surface area contributed by atoms with E-state index in [9.17, 15) is 5.11 Å². The number of aryl methyl sites for hydroxylation is 2. The lowest BCUT2D eigenvalue weighted by Gasteiger charge is -2.30. The first-order valence-electron chi connectivity index (χ1n) is 6.77. The minimum absolute atomic E-state index is 0.427. The van der Waals surface area contributed by atoms with Gasteiger partial charge in [-0.05, 0) is 57.0 Å². The fourth-order valence-electron chi connectivity index (χ4n) is 2.74. The summed E-state index contributed by atoms with van der Waals surface area (Å²) in [6.07, 6.45) is 2.54. The van der Waals surface area contributed by atoms with E-state index in [1.165, 1.54) is 24.9 Å². The number of phenolic OH excluding ortho intramolecular Hbond substituents is 1. The SMILES string of the molecule is Cc1cc(CNC2CCCN(C)C2)cc(C)c1O. The van der Waals surface area contributed by atoms with E-state index >= 15 is 0 Å². The van der Waals surface area contributed by atoms with Crippen LogP contribution in [-0.2, 0) is 6.54 Å². The lowest BCUT2D eigenvalue weighted by Crippen LogP contribution is -2.43. The number of hydrogen-bond donors (Lipinski definition) is 2. The zero-order valence-electron chi connectivity index (χ0n) is 11.7. The van der Waals surface area contributed by atoms with Gasteiger partial charge in [0.15, 0.2) is 0 Å². The van der Waals surface area contributed by atoms with Gasteiger partial charge < -0.3 is 15.3 Å². The minimum atomic E-state index is 0.427. The Balaban J connectivity index is 1.94. The predicted octanol–water partition coefficient (Wildman–Crippen LogP) is 2.19. The van der Waals surface area contributed by atoms with Crippen LogP contribution < -0.4 is 5.32 Å². The zero-order chi connectivity index (χ0) is 13.1. The van der Waals surface area contributed by atoms with Gasteiger partial charge in [-0.15, -0.1) is 0 Å². The largest absolute Gasteiger partial charge is 0.507 e. The zero-order valence-corrected chi connectivity index (χ0v) is 11.7. The maximum Gasteiger partial charge on any atom is 0.121 e. The van der Waals surface area contributed by atoms with Crippen molar-refractivity contribution >= 4 is 0 Å². The van der Waals surface area contributed by atoms with Crippen LogP contribution in [0.3, 0.4) is 0 Å². The Bertz CT molecular complexity index is 394. The number of aromatic hydroxyl groups is 1. The molecular weight excluding hydrogens is 224 g/mol. The third-order valence-corrected chi connectivity index (χ3v) is 3.77. The lowest BCUT2D eigenvalue weighted by molar-refractivity contribution is 0.226. The summed E-state index contributed by atoms with van der Waals surface area (Å²) in [6, 6.07) is 4.74. The number of hydrogen-bond acceptors (Lipinski definition) is 3. The summed E-state index contributed by atoms with van der Waals surface area (Å²) in [4.78, 5) is 2.38. The summed E-state index contributed by atoms with van der Waals surface area (Å²) in [7, 11) is 2.18. The molecule has 1 aromatic carbocycles. The van der Waals surface area contributed by atoms with Gasteiger partial charge in [-0.1, -0.05) is 12.1 Å². The van der Waals surface area contributed by atoms with Crippen molar-refractivity contribution in [1.82, 2.24) is 10.2 Å². The molecule has 1 aliphatic rings. The van der Waals surface area contributed by atoms with Crippen molar-refractivity contribution < 1.29 is 5.11 Å². The van der Waals surface area contributed by atoms with E-state index in [2.05, 4.69) is 29.4 Å². The van der Waals surface area contributed by atoms with Crippen LogP contribution in [0.4, 0.5) is 0 Å². The maximum absolute atomic E-state index is 9.76. The molecule has 0 aliphatic carbocycles. The molecule has 1 heterocycles. The number of likely N-dealkylation sites (N-methyl/N-ethyl adjacent to an activating group) is 1. The summed E-state index contributed by atoms with van der Waals surface area (Å²) in [5, 5.41) is 13.4. The van der Waals surface area contributed by atoms with Gasteiger partial charge in [0.05, 0.1) is 0 Å². The Morgan fingerprint density at radius 1 is 1.33 bits per heavy atom. The normalized spacial score (nSPS) is 21.2. The molecule has 1 saturated heterocycles. The van der Waals surface area contributed by atoms with E-state index in [1.54, 1.807) is 0 Å². The highest BCUT2D eigenvalue weighted by atomic mass is 16.3. The molecule has 1 aliphatic heterocycles. The van der Waals surface area contributed by atoms with Gasteiger partial charge >= 0.3 is 0 Å². The fourth-order valence-corrected chi connectivity index (χ4v) is 2.74. The van der Waals surface area contributed by atoms with Crippen molar-refractivity contribution in [2.75, 3.05) is 20.1 Å². The van der Waals surface area contributed by atoms with E-state index in [0.29, 0.717) is 11.8 Å². The molecule has 0 bridgehead atoms. The van der Waals surface area contributed by atoms with Gasteiger partial charge in [0.2, 0.25) is 0 Å². The first kappa shape index (κ1) is 13.4. The topological polar surface area (TPSA) is 35.5 Å². The molecule has 1 atom stereocenters. The quantitative estimate of drug-likeness (QED) is 0.861. The predicted molar refractivity (Wildman–Crippen MR) is 74.9 cm³/mol. The Morgan fingerprint density at radius 2 is 2.00 bits per heavy atom. The van der Waals surface area contributed by atoms with Crippen LogP contribution in [0.1, 0.15) is 29.5 Å². The smallest absolute Gasteiger partial charge is 0.121 e. The van der Waals surface area contributed by atoms with Gasteiger partial charge in [0.1, 0.15) is 5.75 Å². The van der Waals surface area contributed by atoms with E-state index in [4.69, 9.17) is 0 Å². The number of piperidine rings is 1. The number of phenols is 1. The highest BCUT2D eigenvalue weighted by Crippen LogP contribution is 2.23. The summed E-state index contributed by atoms with van der Waals surface area (Å²) < 4.78 is 0. The molecule has 1 unspecified atom stereocenters. The Morgan fingerprint density at radius 3 is 2.61 bits per heavy atom. The minimum Gasteiger partial charge on any atom is -0.507 e. The molecule has 0 amide bonds. The van der Waals surface area contributed by atoms with Crippen molar-refractivity contribution in [2.24, 2.45) is 0 Å². The van der Waals surface area contributed by atoms with Gasteiger partial charge in [-0.3, -0.25) is 0 Å². The Kier molecular flexibility index (Phi) is 4.25. The van der Waals surface area contributed by atoms with Crippen molar-refractivity contribution in [3.8, 4) is 5.75 Å². The van der Waals surface area contributed by atoms with Gasteiger partial charge in [-0.2, -0.15) is 0 Å². The highest BCUT2D eigenvalue weighted by molar-refractivity contribution is 5.42. The molecule has 1 fully saturated rings. The Hall–Kier alpha value is -1.06. The van der Waals surface area contributed by atoms with Crippen molar-refractivity contribution in [2.45, 2.75) is 39.3 Å². The Labute approximate surface area is 110 Å². The molecule has 1 aromatic rings. The van der Waals surface area contributed by atoms with Crippen molar-refractivity contribution in [3.63, 3.8) is 0 Å². The van der Waals surface area contributed by atoms with Crippen LogP contribution in [0.25, 0.3) is 0 Å². The van der Waals surface area contributed by atoms with Crippen LogP contribution in [0.15, 0.2) is 12.1 Å². The molecule has 0 saturated carbocycles. The molecule has 2 rings (SSSR count). The second-order valence-corrected chi connectivity index (χ2v) is 5.56. The second-order valence-electron chi connectivity index (χ2n) is 5.56. The molecule has 18 heavy (non-hydrogen) atoms. The van der Waals surface area contributed by atoms with E-state index < -0.39 is 0 Å². The average Bonchev–Trinajstić information content (AvgIpc) is 2.33. The van der Waals surface area contributed by atoms with Crippen molar-refractivity contribution in [3.05, 3.63) is 28.8 Å². The van der Waals surface area contributed by atoms with E-state index in [1.807, 2.05) is 13.8 Å². The first-order valence-corrected chi connectivity index (χ1v) is 6.77. The van der Waals surface area contributed by atoms with E-state index in [0.717, 1.165) is 24.2 Å². The molecule has 100 valence electrons. The molecule has 3 nitrogen and oxygen atoms in total. The standard InChI is InChI=1S/C15H24N2O/c1-11-7-13(8-12(2)15(11)18)9-16-14-5-4-6-17(3)10-14/h7-8,14,16,18H,4-6,9-10H2,1-3H3. The molecule has 3 heteroatoms. The van der Waals surface area contributed by atoms with Crippen LogP contribution in [0.5, 0.6) is 5.75 Å². The highest BCUT2D eigenvalue weighted by Gasteiger charge is 2.16. The molecular formula is C15H24N2O. The summed E-state index contributed by atoms with van der Waals surface area (Å²) in [5.41, 5.74) is 3.19. The van der Waals surface area contributed by atoms with Gasteiger partial charge in [0, 0.05) is 19.1 Å². The number of nitrogens with zero attached hydrogens (tertiary/aromatic N) is 1. The maximum atomic E-state index is 9.76. The van der Waals surface area contributed by atoms with Crippen LogP contribution in [0, 0.1) is 13.8 Å². The summed E-state index contributed by atoms with van der Waals surface area (Å²) >= 11 is 0. The van der Waals surface area contributed by atoms with Gasteiger partial charge in [-0.25, -0.2) is 0 Å². The van der Waals surface area contributed by atoms with E-state index in [-0.39, 0.29) is 0 Å². The summed E-state index contributed by atoms with van der Waals surface area (Å²) in [5.74, 6) is 0.427. The first-order chi connectivity index (χ1) is 8.56. The number of benzene rings is 1. The number of likely N-dealkylation sites (tertiary alicyclic amines) is 1. The summed E-state index contributed by atoms with van der Waals surface area (Å²) in [6.45, 7) is 7.16. The number of rotatable bonds is 3. The molecule has 0 aromatic heterocycles. The second kappa shape index (κ2) is 5.72. The van der Waals surface area contributed by atoms with Crippen molar-refractivity contribution in [1.29, 1.82) is 0 Å². The van der Waals surface area contributed by atoms with Crippen LogP contribution in [-0.4, -0.2) is 36.2 Å². The number of nitrogens with one attached hydrogen (secondary N) is 1. The monoisotopic (exact) mass is 248 g/mol.